The quantitative estimate of drug-likeness (QED) is 0.345. The first-order valence-corrected chi connectivity index (χ1v) is 10.4. The Kier molecular flexibility index (Phi) is 5.12. The molecule has 0 radical (unpaired) electrons. The van der Waals surface area contributed by atoms with Gasteiger partial charge in [0.2, 0.25) is 0 Å². The van der Waals surface area contributed by atoms with E-state index in [1.54, 1.807) is 24.8 Å². The number of aromatic amines is 1. The number of halogens is 3. The number of pyridine rings is 1. The van der Waals surface area contributed by atoms with Crippen molar-refractivity contribution < 1.29 is 27.8 Å². The second-order valence-electron chi connectivity index (χ2n) is 7.85. The van der Waals surface area contributed by atoms with Crippen molar-refractivity contribution in [2.75, 3.05) is 11.9 Å². The Labute approximate surface area is 196 Å². The van der Waals surface area contributed by atoms with Crippen LogP contribution in [0, 0.1) is 0 Å². The minimum absolute atomic E-state index is 0.111. The zero-order chi connectivity index (χ0) is 24.9. The van der Waals surface area contributed by atoms with Crippen LogP contribution in [0.5, 0.6) is 5.75 Å². The van der Waals surface area contributed by atoms with Crippen LogP contribution in [-0.4, -0.2) is 44.2 Å². The number of para-hydroxylation sites is 1. The Hall–Kier alpha value is -4.54. The number of carboxylic acids is 1. The fourth-order valence-electron chi connectivity index (χ4n) is 4.13. The number of ether oxygens (including phenoxy) is 1. The molecule has 0 fully saturated rings. The molecule has 0 saturated carbocycles. The molecule has 5 rings (SSSR count). The standard InChI is InChI=1S/C24H18F3N5O3/c1-31(13-6-8-14(9-7-13)35-24(25,26)27)19-5-3-4-15-21(30-32(2)22(15)19)18-12-17-20(29-18)16(23(33)34)10-11-28-17/h3-12,29H,1-2H3,(H,33,34). The lowest BCUT2D eigenvalue weighted by molar-refractivity contribution is -0.274. The molecule has 3 aromatic heterocycles. The molecule has 0 unspecified atom stereocenters. The molecule has 0 bridgehead atoms. The average Bonchev–Trinajstić information content (AvgIpc) is 3.39. The summed E-state index contributed by atoms with van der Waals surface area (Å²) in [4.78, 5) is 20.8. The van der Waals surface area contributed by atoms with Crippen molar-refractivity contribution in [1.29, 1.82) is 0 Å². The Bertz CT molecular complexity index is 1570. The van der Waals surface area contributed by atoms with Crippen molar-refractivity contribution in [1.82, 2.24) is 19.7 Å². The molecular weight excluding hydrogens is 463 g/mol. The Balaban J connectivity index is 1.57. The van der Waals surface area contributed by atoms with Crippen LogP contribution in [0.3, 0.4) is 0 Å². The van der Waals surface area contributed by atoms with E-state index in [1.807, 2.05) is 23.1 Å². The number of benzene rings is 2. The first kappa shape index (κ1) is 22.3. The number of aromatic nitrogens is 4. The van der Waals surface area contributed by atoms with Crippen molar-refractivity contribution in [2.24, 2.45) is 7.05 Å². The predicted molar refractivity (Wildman–Crippen MR) is 124 cm³/mol. The number of aromatic carboxylic acids is 1. The molecule has 11 heteroatoms. The maximum Gasteiger partial charge on any atom is 0.573 e. The third-order valence-corrected chi connectivity index (χ3v) is 5.67. The van der Waals surface area contributed by atoms with E-state index in [0.29, 0.717) is 28.1 Å². The van der Waals surface area contributed by atoms with Crippen molar-refractivity contribution >= 4 is 39.3 Å². The Morgan fingerprint density at radius 1 is 1.14 bits per heavy atom. The first-order valence-electron chi connectivity index (χ1n) is 10.4. The highest BCUT2D eigenvalue weighted by Gasteiger charge is 2.31. The minimum Gasteiger partial charge on any atom is -0.478 e. The van der Waals surface area contributed by atoms with E-state index in [1.165, 1.54) is 36.5 Å². The van der Waals surface area contributed by atoms with Crippen molar-refractivity contribution in [2.45, 2.75) is 6.36 Å². The van der Waals surface area contributed by atoms with Gasteiger partial charge in [-0.3, -0.25) is 9.67 Å². The number of nitrogens with one attached hydrogen (secondary N) is 1. The van der Waals surface area contributed by atoms with Crippen LogP contribution in [0.1, 0.15) is 10.4 Å². The van der Waals surface area contributed by atoms with E-state index in [2.05, 4.69) is 19.8 Å². The highest BCUT2D eigenvalue weighted by atomic mass is 19.4. The molecule has 0 spiro atoms. The van der Waals surface area contributed by atoms with E-state index < -0.39 is 12.3 Å². The van der Waals surface area contributed by atoms with Gasteiger partial charge in [0.25, 0.3) is 0 Å². The van der Waals surface area contributed by atoms with Gasteiger partial charge in [-0.2, -0.15) is 5.10 Å². The van der Waals surface area contributed by atoms with Crippen LogP contribution in [0.25, 0.3) is 33.3 Å². The SMILES string of the molecule is CN(c1ccc(OC(F)(F)F)cc1)c1cccc2c(-c3cc4nccc(C(=O)O)c4[nH]3)nn(C)c12. The summed E-state index contributed by atoms with van der Waals surface area (Å²) in [5.41, 5.74) is 4.45. The summed E-state index contributed by atoms with van der Waals surface area (Å²) in [5.74, 6) is -1.36. The number of hydrogen-bond acceptors (Lipinski definition) is 5. The van der Waals surface area contributed by atoms with Crippen molar-refractivity contribution in [3.63, 3.8) is 0 Å². The number of rotatable bonds is 5. The van der Waals surface area contributed by atoms with Crippen LogP contribution >= 0.6 is 0 Å². The number of carbonyl (C=O) groups is 1. The van der Waals surface area contributed by atoms with Gasteiger partial charge in [-0.25, -0.2) is 4.79 Å². The van der Waals surface area contributed by atoms with E-state index in [4.69, 9.17) is 0 Å². The van der Waals surface area contributed by atoms with Crippen LogP contribution in [0.4, 0.5) is 24.5 Å². The molecule has 35 heavy (non-hydrogen) atoms. The van der Waals surface area contributed by atoms with Gasteiger partial charge in [0.05, 0.1) is 33.5 Å². The van der Waals surface area contributed by atoms with Gasteiger partial charge in [-0.05, 0) is 42.5 Å². The fourth-order valence-corrected chi connectivity index (χ4v) is 4.13. The Morgan fingerprint density at radius 2 is 1.89 bits per heavy atom. The predicted octanol–water partition coefficient (Wildman–Crippen LogP) is 5.48. The molecule has 0 aliphatic rings. The van der Waals surface area contributed by atoms with Crippen molar-refractivity contribution in [3.8, 4) is 17.1 Å². The molecule has 0 aliphatic carbocycles. The van der Waals surface area contributed by atoms with Crippen LogP contribution in [-0.2, 0) is 7.05 Å². The maximum atomic E-state index is 12.5. The van der Waals surface area contributed by atoms with E-state index in [9.17, 15) is 23.1 Å². The van der Waals surface area contributed by atoms with E-state index in [0.717, 1.165) is 16.6 Å². The molecule has 2 N–H and O–H groups in total. The highest BCUT2D eigenvalue weighted by molar-refractivity contribution is 6.05. The monoisotopic (exact) mass is 481 g/mol. The summed E-state index contributed by atoms with van der Waals surface area (Å²) in [5, 5.41) is 14.9. The number of anilines is 2. The van der Waals surface area contributed by atoms with Crippen LogP contribution < -0.4 is 9.64 Å². The number of H-pyrrole nitrogens is 1. The second-order valence-corrected chi connectivity index (χ2v) is 7.85. The molecular formula is C24H18F3N5O3. The van der Waals surface area contributed by atoms with Crippen molar-refractivity contribution in [3.05, 3.63) is 66.4 Å². The lowest BCUT2D eigenvalue weighted by Crippen LogP contribution is -2.17. The average molecular weight is 481 g/mol. The van der Waals surface area contributed by atoms with Gasteiger partial charge in [0, 0.05) is 31.4 Å². The van der Waals surface area contributed by atoms with E-state index >= 15 is 0 Å². The van der Waals surface area contributed by atoms with Gasteiger partial charge < -0.3 is 19.7 Å². The van der Waals surface area contributed by atoms with Gasteiger partial charge in [-0.15, -0.1) is 13.2 Å². The van der Waals surface area contributed by atoms with Crippen LogP contribution in [0.2, 0.25) is 0 Å². The van der Waals surface area contributed by atoms with Gasteiger partial charge in [0.15, 0.2) is 0 Å². The van der Waals surface area contributed by atoms with Gasteiger partial charge in [0.1, 0.15) is 11.4 Å². The number of alkyl halides is 3. The van der Waals surface area contributed by atoms with Gasteiger partial charge >= 0.3 is 12.3 Å². The summed E-state index contributed by atoms with van der Waals surface area (Å²) < 4.78 is 43.1. The summed E-state index contributed by atoms with van der Waals surface area (Å²) in [7, 11) is 3.58. The second kappa shape index (κ2) is 8.05. The molecule has 2 aromatic carbocycles. The topological polar surface area (TPSA) is 96.3 Å². The minimum atomic E-state index is -4.76. The smallest absolute Gasteiger partial charge is 0.478 e. The molecule has 3 heterocycles. The Morgan fingerprint density at radius 3 is 2.57 bits per heavy atom. The number of nitrogens with zero attached hydrogens (tertiary/aromatic N) is 4. The van der Waals surface area contributed by atoms with Gasteiger partial charge in [-0.1, -0.05) is 12.1 Å². The number of fused-ring (bicyclic) bond motifs is 2. The number of hydrogen-bond donors (Lipinski definition) is 2. The summed E-state index contributed by atoms with van der Waals surface area (Å²) >= 11 is 0. The molecule has 5 aromatic rings. The molecule has 0 saturated heterocycles. The zero-order valence-corrected chi connectivity index (χ0v) is 18.5. The van der Waals surface area contributed by atoms with Crippen LogP contribution in [0.15, 0.2) is 60.8 Å². The highest BCUT2D eigenvalue weighted by Crippen LogP contribution is 2.37. The zero-order valence-electron chi connectivity index (χ0n) is 18.5. The summed E-state index contributed by atoms with van der Waals surface area (Å²) in [6.45, 7) is 0. The third kappa shape index (κ3) is 4.01. The molecule has 0 aliphatic heterocycles. The van der Waals surface area contributed by atoms with E-state index in [-0.39, 0.29) is 11.3 Å². The number of carboxylic acid groups (broad SMARTS) is 1. The number of aryl methyl sites for hydroxylation is 1. The molecule has 178 valence electrons. The largest absolute Gasteiger partial charge is 0.573 e. The summed E-state index contributed by atoms with van der Waals surface area (Å²) in [6.07, 6.45) is -3.31. The first-order chi connectivity index (χ1) is 16.6. The fraction of sp³-hybridized carbons (Fsp3) is 0.125. The maximum absolute atomic E-state index is 12.5. The normalized spacial score (nSPS) is 11.8. The lowest BCUT2D eigenvalue weighted by Gasteiger charge is -2.21. The molecule has 8 nitrogen and oxygen atoms in total. The third-order valence-electron chi connectivity index (χ3n) is 5.67. The molecule has 0 atom stereocenters. The lowest BCUT2D eigenvalue weighted by atomic mass is 10.1. The molecule has 0 amide bonds. The summed E-state index contributed by atoms with van der Waals surface area (Å²) in [6, 6.07) is 14.4.